The number of para-hydroxylation sites is 2. The lowest BCUT2D eigenvalue weighted by molar-refractivity contribution is -0.113. The van der Waals surface area contributed by atoms with E-state index in [2.05, 4.69) is 0 Å². The van der Waals surface area contributed by atoms with E-state index in [4.69, 9.17) is 16.3 Å². The smallest absolute Gasteiger partial charge is 0.298 e. The SMILES string of the molecule is CCOc1ccccc1N1C(=O)S/C(=C(/C)c2ccc(Cl)cc2)C1=O. The number of nitrogens with zero attached hydrogens (tertiary/aromatic N) is 1. The molecule has 0 aliphatic carbocycles. The van der Waals surface area contributed by atoms with Gasteiger partial charge in [0.1, 0.15) is 5.75 Å². The molecule has 0 N–H and O–H groups in total. The van der Waals surface area contributed by atoms with Crippen molar-refractivity contribution in [2.45, 2.75) is 13.8 Å². The molecule has 2 aromatic rings. The van der Waals surface area contributed by atoms with Gasteiger partial charge in [-0.3, -0.25) is 9.59 Å². The summed E-state index contributed by atoms with van der Waals surface area (Å²) in [5.41, 5.74) is 2.06. The van der Waals surface area contributed by atoms with E-state index in [-0.39, 0.29) is 11.1 Å². The summed E-state index contributed by atoms with van der Waals surface area (Å²) in [5.74, 6) is 0.173. The van der Waals surface area contributed by atoms with Gasteiger partial charge in [-0.05, 0) is 61.0 Å². The van der Waals surface area contributed by atoms with Crippen LogP contribution < -0.4 is 9.64 Å². The summed E-state index contributed by atoms with van der Waals surface area (Å²) in [7, 11) is 0. The van der Waals surface area contributed by atoms with Crippen molar-refractivity contribution in [3.05, 3.63) is 64.0 Å². The number of thioether (sulfide) groups is 1. The predicted octanol–water partition coefficient (Wildman–Crippen LogP) is 5.37. The number of carbonyl (C=O) groups is 2. The molecule has 0 unspecified atom stereocenters. The molecule has 3 rings (SSSR count). The summed E-state index contributed by atoms with van der Waals surface area (Å²) in [5, 5.41) is 0.288. The number of amides is 2. The van der Waals surface area contributed by atoms with Crippen LogP contribution in [0.1, 0.15) is 19.4 Å². The second kappa shape index (κ2) is 7.33. The van der Waals surface area contributed by atoms with Crippen molar-refractivity contribution >= 4 is 45.8 Å². The van der Waals surface area contributed by atoms with Gasteiger partial charge in [-0.2, -0.15) is 0 Å². The van der Waals surface area contributed by atoms with Crippen molar-refractivity contribution < 1.29 is 14.3 Å². The third-order valence-corrected chi connectivity index (χ3v) is 5.09. The van der Waals surface area contributed by atoms with E-state index in [0.29, 0.717) is 28.0 Å². The first-order valence-corrected chi connectivity index (χ1v) is 8.97. The lowest BCUT2D eigenvalue weighted by Crippen LogP contribution is -2.28. The molecule has 0 spiro atoms. The minimum Gasteiger partial charge on any atom is -0.492 e. The fourth-order valence-corrected chi connectivity index (χ4v) is 3.58. The van der Waals surface area contributed by atoms with Crippen LogP contribution in [0.3, 0.4) is 0 Å². The number of imide groups is 1. The molecule has 2 amide bonds. The maximum Gasteiger partial charge on any atom is 0.298 e. The standard InChI is InChI=1S/C19H16ClNO3S/c1-3-24-16-7-5-4-6-15(16)21-18(22)17(25-19(21)23)12(2)13-8-10-14(20)11-9-13/h4-11H,3H2,1-2H3/b17-12-. The monoisotopic (exact) mass is 373 g/mol. The van der Waals surface area contributed by atoms with Gasteiger partial charge in [0, 0.05) is 5.02 Å². The molecule has 0 bridgehead atoms. The number of rotatable bonds is 4. The molecule has 2 aromatic carbocycles. The van der Waals surface area contributed by atoms with Gasteiger partial charge < -0.3 is 4.74 Å². The summed E-state index contributed by atoms with van der Waals surface area (Å²) >= 11 is 6.85. The highest BCUT2D eigenvalue weighted by Crippen LogP contribution is 2.41. The molecule has 1 heterocycles. The minimum absolute atomic E-state index is 0.333. The molecule has 128 valence electrons. The van der Waals surface area contributed by atoms with E-state index in [1.807, 2.05) is 32.0 Å². The number of halogens is 1. The number of anilines is 1. The van der Waals surface area contributed by atoms with Crippen molar-refractivity contribution in [2.24, 2.45) is 0 Å². The third-order valence-electron chi connectivity index (χ3n) is 3.79. The van der Waals surface area contributed by atoms with E-state index in [1.165, 1.54) is 4.90 Å². The molecule has 1 aliphatic rings. The number of carbonyl (C=O) groups excluding carboxylic acids is 2. The Morgan fingerprint density at radius 2 is 1.80 bits per heavy atom. The third kappa shape index (κ3) is 3.43. The van der Waals surface area contributed by atoms with E-state index in [1.54, 1.807) is 30.3 Å². The van der Waals surface area contributed by atoms with Gasteiger partial charge in [-0.1, -0.05) is 35.9 Å². The number of allylic oxidation sites excluding steroid dienone is 1. The van der Waals surface area contributed by atoms with E-state index in [0.717, 1.165) is 22.9 Å². The second-order valence-corrected chi connectivity index (χ2v) is 6.77. The van der Waals surface area contributed by atoms with E-state index < -0.39 is 0 Å². The van der Waals surface area contributed by atoms with E-state index >= 15 is 0 Å². The van der Waals surface area contributed by atoms with Gasteiger partial charge >= 0.3 is 0 Å². The largest absolute Gasteiger partial charge is 0.492 e. The summed E-state index contributed by atoms with van der Waals surface area (Å²) in [4.78, 5) is 27.0. The van der Waals surface area contributed by atoms with Crippen LogP contribution in [0.15, 0.2) is 53.4 Å². The first kappa shape index (κ1) is 17.6. The highest BCUT2D eigenvalue weighted by atomic mass is 35.5. The maximum absolute atomic E-state index is 12.9. The summed E-state index contributed by atoms with van der Waals surface area (Å²) in [6.07, 6.45) is 0. The highest BCUT2D eigenvalue weighted by molar-refractivity contribution is 8.19. The van der Waals surface area contributed by atoms with Crippen LogP contribution in [0.4, 0.5) is 10.5 Å². The number of hydrogen-bond acceptors (Lipinski definition) is 4. The van der Waals surface area contributed by atoms with Crippen molar-refractivity contribution in [3.8, 4) is 5.75 Å². The fourth-order valence-electron chi connectivity index (χ4n) is 2.56. The average molecular weight is 374 g/mol. The molecule has 0 saturated carbocycles. The highest BCUT2D eigenvalue weighted by Gasteiger charge is 2.39. The molecule has 1 aliphatic heterocycles. The summed E-state index contributed by atoms with van der Waals surface area (Å²) in [6, 6.07) is 14.2. The molecule has 6 heteroatoms. The van der Waals surface area contributed by atoms with Crippen LogP contribution in [-0.2, 0) is 4.79 Å². The molecule has 0 atom stereocenters. The van der Waals surface area contributed by atoms with Crippen molar-refractivity contribution in [2.75, 3.05) is 11.5 Å². The summed E-state index contributed by atoms with van der Waals surface area (Å²) < 4.78 is 5.55. The van der Waals surface area contributed by atoms with Crippen LogP contribution >= 0.6 is 23.4 Å². The zero-order chi connectivity index (χ0) is 18.0. The van der Waals surface area contributed by atoms with Crippen LogP contribution in [0.25, 0.3) is 5.57 Å². The van der Waals surface area contributed by atoms with Crippen molar-refractivity contribution in [3.63, 3.8) is 0 Å². The summed E-state index contributed by atoms with van der Waals surface area (Å²) in [6.45, 7) is 4.14. The topological polar surface area (TPSA) is 46.6 Å². The van der Waals surface area contributed by atoms with Crippen LogP contribution in [0, 0.1) is 0 Å². The quantitative estimate of drug-likeness (QED) is 0.676. The van der Waals surface area contributed by atoms with Gasteiger partial charge in [0.25, 0.3) is 11.1 Å². The lowest BCUT2D eigenvalue weighted by Gasteiger charge is -2.17. The first-order valence-electron chi connectivity index (χ1n) is 7.77. The van der Waals surface area contributed by atoms with Gasteiger partial charge in [-0.15, -0.1) is 0 Å². The number of hydrogen-bond donors (Lipinski definition) is 0. The first-order chi connectivity index (χ1) is 12.0. The Morgan fingerprint density at radius 1 is 1.12 bits per heavy atom. The molecule has 1 fully saturated rings. The number of benzene rings is 2. The molecular weight excluding hydrogens is 358 g/mol. The normalized spacial score (nSPS) is 16.4. The molecule has 4 nitrogen and oxygen atoms in total. The Balaban J connectivity index is 2.01. The number of ether oxygens (including phenoxy) is 1. The van der Waals surface area contributed by atoms with Gasteiger partial charge in [0.15, 0.2) is 0 Å². The fraction of sp³-hybridized carbons (Fsp3) is 0.158. The van der Waals surface area contributed by atoms with Gasteiger partial charge in [0.2, 0.25) is 0 Å². The van der Waals surface area contributed by atoms with Gasteiger partial charge in [0.05, 0.1) is 17.2 Å². The van der Waals surface area contributed by atoms with Crippen LogP contribution in [0.2, 0.25) is 5.02 Å². The Kier molecular flexibility index (Phi) is 5.16. The van der Waals surface area contributed by atoms with Gasteiger partial charge in [-0.25, -0.2) is 4.90 Å². The molecule has 0 radical (unpaired) electrons. The molecule has 0 aromatic heterocycles. The molecular formula is C19H16ClNO3S. The minimum atomic E-state index is -0.338. The Morgan fingerprint density at radius 3 is 2.48 bits per heavy atom. The molecule has 25 heavy (non-hydrogen) atoms. The maximum atomic E-state index is 12.9. The Hall–Kier alpha value is -2.24. The Bertz CT molecular complexity index is 861. The zero-order valence-electron chi connectivity index (χ0n) is 13.8. The zero-order valence-corrected chi connectivity index (χ0v) is 15.4. The average Bonchev–Trinajstić information content (AvgIpc) is 2.90. The van der Waals surface area contributed by atoms with Crippen molar-refractivity contribution in [1.29, 1.82) is 0 Å². The van der Waals surface area contributed by atoms with Crippen LogP contribution in [-0.4, -0.2) is 17.8 Å². The lowest BCUT2D eigenvalue weighted by atomic mass is 10.1. The Labute approximate surface area is 155 Å². The van der Waals surface area contributed by atoms with Crippen LogP contribution in [0.5, 0.6) is 5.75 Å². The molecule has 1 saturated heterocycles. The second-order valence-electron chi connectivity index (χ2n) is 5.37. The van der Waals surface area contributed by atoms with E-state index in [9.17, 15) is 9.59 Å². The van der Waals surface area contributed by atoms with Crippen molar-refractivity contribution in [1.82, 2.24) is 0 Å². The predicted molar refractivity (Wildman–Crippen MR) is 102 cm³/mol.